The standard InChI is InChI=1S/C20H18N2O3.C5H11N3/c1-23-16-10-12(11-17(24-2)20(16)25-3)18-19-14(8-9-21-18)13-6-4-5-7-15(13)22-19;1-2-3-4-5-7-8-6/h4-11,22H,1-3H3;2-5H2,1H3. The Morgan fingerprint density at radius 1 is 0.970 bits per heavy atom. The van der Waals surface area contributed by atoms with E-state index in [1.165, 1.54) is 18.2 Å². The molecule has 4 aromatic rings. The fourth-order valence-electron chi connectivity index (χ4n) is 3.69. The summed E-state index contributed by atoms with van der Waals surface area (Å²) < 4.78 is 16.3. The lowest BCUT2D eigenvalue weighted by Gasteiger charge is -2.14. The summed E-state index contributed by atoms with van der Waals surface area (Å²) in [7, 11) is 4.81. The molecule has 0 radical (unpaired) electrons. The molecule has 0 aliphatic rings. The van der Waals surface area contributed by atoms with Crippen LogP contribution in [0.5, 0.6) is 17.2 Å². The van der Waals surface area contributed by atoms with E-state index in [0.29, 0.717) is 23.8 Å². The first-order valence-electron chi connectivity index (χ1n) is 10.8. The Morgan fingerprint density at radius 2 is 1.70 bits per heavy atom. The van der Waals surface area contributed by atoms with Crippen molar-refractivity contribution in [3.8, 4) is 28.5 Å². The monoisotopic (exact) mass is 447 g/mol. The van der Waals surface area contributed by atoms with Crippen LogP contribution in [0.3, 0.4) is 0 Å². The predicted molar refractivity (Wildman–Crippen MR) is 132 cm³/mol. The van der Waals surface area contributed by atoms with Crippen molar-refractivity contribution in [2.75, 3.05) is 27.9 Å². The first kappa shape index (κ1) is 23.8. The molecule has 0 bridgehead atoms. The molecule has 1 N–H and O–H groups in total. The number of para-hydroxylation sites is 1. The molecule has 0 aliphatic carbocycles. The molecule has 0 amide bonds. The van der Waals surface area contributed by atoms with E-state index in [2.05, 4.69) is 39.1 Å². The summed E-state index contributed by atoms with van der Waals surface area (Å²) >= 11 is 0. The summed E-state index contributed by atoms with van der Waals surface area (Å²) in [6.07, 6.45) is 5.20. The van der Waals surface area contributed by atoms with Gasteiger partial charge in [-0.25, -0.2) is 0 Å². The van der Waals surface area contributed by atoms with Crippen LogP contribution in [0.4, 0.5) is 0 Å². The van der Waals surface area contributed by atoms with Crippen LogP contribution in [0.15, 0.2) is 53.8 Å². The summed E-state index contributed by atoms with van der Waals surface area (Å²) in [5.41, 5.74) is 11.6. The van der Waals surface area contributed by atoms with Crippen molar-refractivity contribution in [3.05, 3.63) is 59.1 Å². The highest BCUT2D eigenvalue weighted by Crippen LogP contribution is 2.42. The summed E-state index contributed by atoms with van der Waals surface area (Å²) in [6, 6.07) is 14.1. The number of nitrogens with one attached hydrogen (secondary N) is 1. The van der Waals surface area contributed by atoms with E-state index < -0.39 is 0 Å². The Labute approximate surface area is 193 Å². The average Bonchev–Trinajstić information content (AvgIpc) is 3.25. The highest BCUT2D eigenvalue weighted by atomic mass is 16.5. The number of hydrogen-bond acceptors (Lipinski definition) is 5. The zero-order chi connectivity index (χ0) is 23.6. The largest absolute Gasteiger partial charge is 0.493 e. The highest BCUT2D eigenvalue weighted by molar-refractivity contribution is 6.11. The zero-order valence-corrected chi connectivity index (χ0v) is 19.5. The van der Waals surface area contributed by atoms with Crippen LogP contribution in [0.25, 0.3) is 43.5 Å². The minimum Gasteiger partial charge on any atom is -0.493 e. The lowest BCUT2D eigenvalue weighted by atomic mass is 10.1. The van der Waals surface area contributed by atoms with E-state index in [-0.39, 0.29) is 0 Å². The van der Waals surface area contributed by atoms with E-state index in [0.717, 1.165) is 34.1 Å². The average molecular weight is 448 g/mol. The third-order valence-corrected chi connectivity index (χ3v) is 5.29. The number of unbranched alkanes of at least 4 members (excludes halogenated alkanes) is 2. The molecule has 0 saturated heterocycles. The second-order valence-corrected chi connectivity index (χ2v) is 7.33. The highest BCUT2D eigenvalue weighted by Gasteiger charge is 2.17. The minimum atomic E-state index is 0.567. The smallest absolute Gasteiger partial charge is 0.203 e. The van der Waals surface area contributed by atoms with Crippen molar-refractivity contribution in [1.29, 1.82) is 0 Å². The quantitative estimate of drug-likeness (QED) is 0.137. The van der Waals surface area contributed by atoms with Gasteiger partial charge < -0.3 is 19.2 Å². The Morgan fingerprint density at radius 3 is 2.33 bits per heavy atom. The van der Waals surface area contributed by atoms with Gasteiger partial charge >= 0.3 is 0 Å². The fourth-order valence-corrected chi connectivity index (χ4v) is 3.69. The molecule has 0 aliphatic heterocycles. The van der Waals surface area contributed by atoms with Crippen LogP contribution in [0, 0.1) is 0 Å². The maximum Gasteiger partial charge on any atom is 0.203 e. The number of pyridine rings is 1. The van der Waals surface area contributed by atoms with Crippen molar-refractivity contribution < 1.29 is 14.2 Å². The van der Waals surface area contributed by atoms with E-state index in [1.807, 2.05) is 36.5 Å². The molecule has 4 rings (SSSR count). The number of fused-ring (bicyclic) bond motifs is 3. The van der Waals surface area contributed by atoms with Crippen LogP contribution in [0.1, 0.15) is 26.2 Å². The normalized spacial score (nSPS) is 10.3. The predicted octanol–water partition coefficient (Wildman–Crippen LogP) is 6.90. The van der Waals surface area contributed by atoms with Gasteiger partial charge in [-0.2, -0.15) is 0 Å². The van der Waals surface area contributed by atoms with Crippen LogP contribution in [-0.2, 0) is 0 Å². The number of rotatable bonds is 8. The number of ether oxygens (including phenoxy) is 3. The van der Waals surface area contributed by atoms with E-state index in [4.69, 9.17) is 19.7 Å². The number of benzene rings is 2. The molecule has 0 unspecified atom stereocenters. The van der Waals surface area contributed by atoms with E-state index in [1.54, 1.807) is 21.3 Å². The number of aromatic nitrogens is 2. The van der Waals surface area contributed by atoms with Crippen LogP contribution < -0.4 is 14.2 Å². The number of aromatic amines is 1. The van der Waals surface area contributed by atoms with Gasteiger partial charge in [0.1, 0.15) is 0 Å². The van der Waals surface area contributed by atoms with Gasteiger partial charge in [-0.15, -0.1) is 0 Å². The second kappa shape index (κ2) is 11.6. The molecular formula is C25H29N5O3. The van der Waals surface area contributed by atoms with Gasteiger partial charge in [0.05, 0.1) is 32.5 Å². The lowest BCUT2D eigenvalue weighted by Crippen LogP contribution is -1.96. The zero-order valence-electron chi connectivity index (χ0n) is 19.5. The Kier molecular flexibility index (Phi) is 8.38. The van der Waals surface area contributed by atoms with Crippen molar-refractivity contribution in [3.63, 3.8) is 0 Å². The summed E-state index contributed by atoms with van der Waals surface area (Å²) in [5.74, 6) is 1.77. The molecule has 172 valence electrons. The number of hydrogen-bond donors (Lipinski definition) is 1. The molecule has 0 fully saturated rings. The SMILES string of the molecule is CCCCCN=[N+]=[N-].COc1cc(-c2nccc3c2[nH]c2ccccc23)cc(OC)c1OC. The molecular weight excluding hydrogens is 418 g/mol. The second-order valence-electron chi connectivity index (χ2n) is 7.33. The molecule has 8 heteroatoms. The molecule has 0 spiro atoms. The van der Waals surface area contributed by atoms with E-state index in [9.17, 15) is 0 Å². The first-order chi connectivity index (χ1) is 16.2. The number of nitrogens with zero attached hydrogens (tertiary/aromatic N) is 4. The first-order valence-corrected chi connectivity index (χ1v) is 10.8. The van der Waals surface area contributed by atoms with Crippen molar-refractivity contribution >= 4 is 21.8 Å². The van der Waals surface area contributed by atoms with Crippen molar-refractivity contribution in [2.45, 2.75) is 26.2 Å². The van der Waals surface area contributed by atoms with Gasteiger partial charge in [0, 0.05) is 39.5 Å². The van der Waals surface area contributed by atoms with E-state index >= 15 is 0 Å². The molecule has 2 aromatic heterocycles. The number of methoxy groups -OCH3 is 3. The topological polar surface area (TPSA) is 105 Å². The molecule has 0 saturated carbocycles. The van der Waals surface area contributed by atoms with Gasteiger partial charge in [-0.3, -0.25) is 4.98 Å². The van der Waals surface area contributed by atoms with Crippen LogP contribution >= 0.6 is 0 Å². The molecule has 0 atom stereocenters. The third-order valence-electron chi connectivity index (χ3n) is 5.29. The number of azide groups is 1. The molecule has 8 nitrogen and oxygen atoms in total. The lowest BCUT2D eigenvalue weighted by molar-refractivity contribution is 0.324. The van der Waals surface area contributed by atoms with Gasteiger partial charge in [0.15, 0.2) is 11.5 Å². The van der Waals surface area contributed by atoms with Gasteiger partial charge in [0.2, 0.25) is 5.75 Å². The number of H-pyrrole nitrogens is 1. The molecule has 2 aromatic carbocycles. The van der Waals surface area contributed by atoms with Crippen molar-refractivity contribution in [1.82, 2.24) is 9.97 Å². The maximum atomic E-state index is 7.82. The maximum absolute atomic E-state index is 7.82. The minimum absolute atomic E-state index is 0.567. The van der Waals surface area contributed by atoms with Crippen molar-refractivity contribution in [2.24, 2.45) is 5.11 Å². The molecule has 33 heavy (non-hydrogen) atoms. The Balaban J connectivity index is 0.000000331. The Bertz CT molecular complexity index is 1240. The van der Waals surface area contributed by atoms with Crippen LogP contribution in [0.2, 0.25) is 0 Å². The molecule has 2 heterocycles. The van der Waals surface area contributed by atoms with Gasteiger partial charge in [-0.1, -0.05) is 43.1 Å². The summed E-state index contributed by atoms with van der Waals surface area (Å²) in [4.78, 5) is 10.7. The fraction of sp³-hybridized carbons (Fsp3) is 0.320. The van der Waals surface area contributed by atoms with Crippen LogP contribution in [-0.4, -0.2) is 37.8 Å². The summed E-state index contributed by atoms with van der Waals surface area (Å²) in [6.45, 7) is 2.78. The Hall–Kier alpha value is -3.90. The van der Waals surface area contributed by atoms with Gasteiger partial charge in [-0.05, 0) is 36.2 Å². The summed E-state index contributed by atoms with van der Waals surface area (Å²) in [5, 5.41) is 5.70. The van der Waals surface area contributed by atoms with Gasteiger partial charge in [0.25, 0.3) is 0 Å². The third kappa shape index (κ3) is 5.30.